The Bertz CT molecular complexity index is 988. The van der Waals surface area contributed by atoms with Gasteiger partial charge in [0.25, 0.3) is 0 Å². The first kappa shape index (κ1) is 16.1. The lowest BCUT2D eigenvalue weighted by Crippen LogP contribution is -2.14. The number of aromatic nitrogens is 2. The molecule has 0 spiro atoms. The highest BCUT2D eigenvalue weighted by Gasteiger charge is 2.41. The molecule has 1 aromatic carbocycles. The second kappa shape index (κ2) is 5.59. The third-order valence-corrected chi connectivity index (χ3v) is 5.30. The van der Waals surface area contributed by atoms with Crippen molar-refractivity contribution in [3.8, 4) is 11.3 Å². The number of carboxylic acid groups (broad SMARTS) is 1. The van der Waals surface area contributed by atoms with Crippen molar-refractivity contribution < 1.29 is 23.1 Å². The van der Waals surface area contributed by atoms with Crippen LogP contribution in [0, 0.1) is 0 Å². The van der Waals surface area contributed by atoms with Crippen LogP contribution in [-0.2, 0) is 19.0 Å². The van der Waals surface area contributed by atoms with Gasteiger partial charge in [0.05, 0.1) is 5.69 Å². The maximum Gasteiger partial charge on any atom is 0.435 e. The van der Waals surface area contributed by atoms with Gasteiger partial charge in [0.15, 0.2) is 16.3 Å². The van der Waals surface area contributed by atoms with E-state index in [0.29, 0.717) is 11.3 Å². The summed E-state index contributed by atoms with van der Waals surface area (Å²) in [6.45, 7) is 0. The van der Waals surface area contributed by atoms with Crippen molar-refractivity contribution in [3.63, 3.8) is 0 Å². The molecule has 0 atom stereocenters. The third-order valence-electron chi connectivity index (χ3n) is 4.48. The number of hydrogen-bond donors (Lipinski definition) is 1. The SMILES string of the molecule is O=C(O)c1c(C(F)(F)F)nc2scc(-c3ccc4c(c3)CCCC4)n12. The van der Waals surface area contributed by atoms with E-state index in [9.17, 15) is 23.1 Å². The zero-order valence-electron chi connectivity index (χ0n) is 12.9. The smallest absolute Gasteiger partial charge is 0.435 e. The first-order valence-electron chi connectivity index (χ1n) is 7.79. The molecule has 0 amide bonds. The highest BCUT2D eigenvalue weighted by molar-refractivity contribution is 7.15. The van der Waals surface area contributed by atoms with Gasteiger partial charge in [-0.3, -0.25) is 4.40 Å². The normalized spacial score (nSPS) is 14.7. The van der Waals surface area contributed by atoms with E-state index in [1.807, 2.05) is 18.2 Å². The van der Waals surface area contributed by atoms with E-state index in [1.165, 1.54) is 11.1 Å². The number of hydrogen-bond acceptors (Lipinski definition) is 3. The summed E-state index contributed by atoms with van der Waals surface area (Å²) in [5.41, 5.74) is 1.37. The molecule has 3 aromatic rings. The van der Waals surface area contributed by atoms with Crippen molar-refractivity contribution in [3.05, 3.63) is 46.1 Å². The largest absolute Gasteiger partial charge is 0.476 e. The molecule has 1 N–H and O–H groups in total. The average molecular weight is 366 g/mol. The number of rotatable bonds is 2. The van der Waals surface area contributed by atoms with Gasteiger partial charge in [-0.15, -0.1) is 11.3 Å². The number of benzene rings is 1. The Morgan fingerprint density at radius 2 is 1.92 bits per heavy atom. The van der Waals surface area contributed by atoms with E-state index < -0.39 is 23.5 Å². The summed E-state index contributed by atoms with van der Waals surface area (Å²) < 4.78 is 40.5. The molecule has 0 aliphatic heterocycles. The van der Waals surface area contributed by atoms with Crippen LogP contribution in [0.25, 0.3) is 16.2 Å². The number of thiazole rings is 1. The fraction of sp³-hybridized carbons (Fsp3) is 0.294. The molecule has 0 saturated carbocycles. The van der Waals surface area contributed by atoms with E-state index in [-0.39, 0.29) is 4.96 Å². The standard InChI is InChI=1S/C17H13F3N2O2S/c18-17(19,20)14-13(15(23)24)22-12(8-25-16(22)21-14)11-6-5-9-3-1-2-4-10(9)7-11/h5-8H,1-4H2,(H,23,24). The lowest BCUT2D eigenvalue weighted by atomic mass is 9.90. The van der Waals surface area contributed by atoms with Gasteiger partial charge >= 0.3 is 12.1 Å². The molecular formula is C17H13F3N2O2S. The highest BCUT2D eigenvalue weighted by Crippen LogP contribution is 2.37. The van der Waals surface area contributed by atoms with Gasteiger partial charge in [-0.05, 0) is 48.4 Å². The predicted molar refractivity (Wildman–Crippen MR) is 87.1 cm³/mol. The zero-order chi connectivity index (χ0) is 17.8. The summed E-state index contributed by atoms with van der Waals surface area (Å²) in [5, 5.41) is 11.0. The first-order chi connectivity index (χ1) is 11.9. The van der Waals surface area contributed by atoms with Crippen LogP contribution in [-0.4, -0.2) is 20.5 Å². The number of carboxylic acids is 1. The van der Waals surface area contributed by atoms with Crippen LogP contribution < -0.4 is 0 Å². The Balaban J connectivity index is 1.94. The number of fused-ring (bicyclic) bond motifs is 2. The molecular weight excluding hydrogens is 353 g/mol. The van der Waals surface area contributed by atoms with Crippen LogP contribution in [0.1, 0.15) is 40.2 Å². The number of aryl methyl sites for hydroxylation is 2. The number of carbonyl (C=O) groups is 1. The number of alkyl halides is 3. The fourth-order valence-electron chi connectivity index (χ4n) is 3.35. The van der Waals surface area contributed by atoms with Crippen LogP contribution in [0.3, 0.4) is 0 Å². The average Bonchev–Trinajstić information content (AvgIpc) is 3.12. The first-order valence-corrected chi connectivity index (χ1v) is 8.67. The summed E-state index contributed by atoms with van der Waals surface area (Å²) in [4.78, 5) is 15.0. The lowest BCUT2D eigenvalue weighted by Gasteiger charge is -2.16. The Morgan fingerprint density at radius 1 is 1.20 bits per heavy atom. The maximum atomic E-state index is 13.1. The van der Waals surface area contributed by atoms with Crippen LogP contribution in [0.5, 0.6) is 0 Å². The Kier molecular flexibility index (Phi) is 3.61. The molecule has 130 valence electrons. The molecule has 8 heteroatoms. The van der Waals surface area contributed by atoms with Crippen molar-refractivity contribution >= 4 is 22.3 Å². The fourth-order valence-corrected chi connectivity index (χ4v) is 4.25. The van der Waals surface area contributed by atoms with Gasteiger partial charge in [-0.1, -0.05) is 12.1 Å². The van der Waals surface area contributed by atoms with Crippen LogP contribution in [0.4, 0.5) is 13.2 Å². The van der Waals surface area contributed by atoms with Crippen molar-refractivity contribution in [1.29, 1.82) is 0 Å². The van der Waals surface area contributed by atoms with Gasteiger partial charge in [-0.25, -0.2) is 9.78 Å². The zero-order valence-corrected chi connectivity index (χ0v) is 13.7. The van der Waals surface area contributed by atoms with E-state index in [1.54, 1.807) is 5.38 Å². The highest BCUT2D eigenvalue weighted by atomic mass is 32.1. The van der Waals surface area contributed by atoms with Crippen molar-refractivity contribution in [2.45, 2.75) is 31.9 Å². The van der Waals surface area contributed by atoms with Crippen molar-refractivity contribution in [1.82, 2.24) is 9.38 Å². The van der Waals surface area contributed by atoms with Gasteiger partial charge in [0.2, 0.25) is 0 Å². The summed E-state index contributed by atoms with van der Waals surface area (Å²) in [7, 11) is 0. The molecule has 1 aliphatic rings. The summed E-state index contributed by atoms with van der Waals surface area (Å²) in [6, 6.07) is 5.77. The maximum absolute atomic E-state index is 13.1. The molecule has 2 aromatic heterocycles. The van der Waals surface area contributed by atoms with Gasteiger partial charge in [0.1, 0.15) is 0 Å². The van der Waals surface area contributed by atoms with Crippen molar-refractivity contribution in [2.75, 3.05) is 0 Å². The Hall–Kier alpha value is -2.35. The summed E-state index contributed by atoms with van der Waals surface area (Å²) in [6.07, 6.45) is -0.668. The molecule has 1 aliphatic carbocycles. The molecule has 0 fully saturated rings. The molecule has 2 heterocycles. The molecule has 25 heavy (non-hydrogen) atoms. The second-order valence-corrected chi connectivity index (χ2v) is 6.88. The van der Waals surface area contributed by atoms with Crippen LogP contribution >= 0.6 is 11.3 Å². The second-order valence-electron chi connectivity index (χ2n) is 6.04. The van der Waals surface area contributed by atoms with E-state index in [4.69, 9.17) is 0 Å². The molecule has 4 nitrogen and oxygen atoms in total. The number of nitrogens with zero attached hydrogens (tertiary/aromatic N) is 2. The monoisotopic (exact) mass is 366 g/mol. The number of halogens is 3. The molecule has 0 unspecified atom stereocenters. The topological polar surface area (TPSA) is 54.6 Å². The quantitative estimate of drug-likeness (QED) is 0.718. The summed E-state index contributed by atoms with van der Waals surface area (Å²) >= 11 is 1.00. The Labute approximate surface area is 144 Å². The van der Waals surface area contributed by atoms with Gasteiger partial charge in [0, 0.05) is 5.38 Å². The van der Waals surface area contributed by atoms with E-state index in [2.05, 4.69) is 4.98 Å². The number of imidazole rings is 1. The van der Waals surface area contributed by atoms with Crippen LogP contribution in [0.15, 0.2) is 23.6 Å². The molecule has 0 saturated heterocycles. The minimum Gasteiger partial charge on any atom is -0.476 e. The third kappa shape index (κ3) is 2.60. The van der Waals surface area contributed by atoms with Crippen LogP contribution in [0.2, 0.25) is 0 Å². The number of aromatic carboxylic acids is 1. The summed E-state index contributed by atoms with van der Waals surface area (Å²) in [5.74, 6) is -1.64. The van der Waals surface area contributed by atoms with Gasteiger partial charge in [-0.2, -0.15) is 13.2 Å². The molecule has 4 rings (SSSR count). The van der Waals surface area contributed by atoms with Crippen molar-refractivity contribution in [2.24, 2.45) is 0 Å². The Morgan fingerprint density at radius 3 is 2.60 bits per heavy atom. The minimum absolute atomic E-state index is 0.0254. The molecule has 0 bridgehead atoms. The predicted octanol–water partition coefficient (Wildman–Crippen LogP) is 4.66. The van der Waals surface area contributed by atoms with Gasteiger partial charge < -0.3 is 5.11 Å². The van der Waals surface area contributed by atoms with E-state index >= 15 is 0 Å². The van der Waals surface area contributed by atoms with E-state index in [0.717, 1.165) is 41.4 Å². The lowest BCUT2D eigenvalue weighted by molar-refractivity contribution is -0.141. The minimum atomic E-state index is -4.81. The molecule has 0 radical (unpaired) electrons.